The van der Waals surface area contributed by atoms with E-state index < -0.39 is 0 Å². The summed E-state index contributed by atoms with van der Waals surface area (Å²) >= 11 is 0. The molecule has 2 rings (SSSR count). The van der Waals surface area contributed by atoms with Gasteiger partial charge in [-0.25, -0.2) is 0 Å². The number of methoxy groups -OCH3 is 1. The highest BCUT2D eigenvalue weighted by atomic mass is 16.5. The Morgan fingerprint density at radius 3 is 2.58 bits per heavy atom. The summed E-state index contributed by atoms with van der Waals surface area (Å²) in [6, 6.07) is 8.71. The van der Waals surface area contributed by atoms with Crippen molar-refractivity contribution in [3.05, 3.63) is 54.0 Å². The number of benzene rings is 1. The SMILES string of the molecule is CCCCCC(OC(C)=O)c1ccc([C@H]2[CH]CC[C@@H]2C/C=C\CCCC(=O)OC)cc1. The van der Waals surface area contributed by atoms with E-state index in [4.69, 9.17) is 4.74 Å². The van der Waals surface area contributed by atoms with Gasteiger partial charge in [0.25, 0.3) is 0 Å². The van der Waals surface area contributed by atoms with Crippen LogP contribution in [0.15, 0.2) is 36.4 Å². The summed E-state index contributed by atoms with van der Waals surface area (Å²) in [5, 5.41) is 0. The van der Waals surface area contributed by atoms with Gasteiger partial charge in [0.15, 0.2) is 0 Å². The van der Waals surface area contributed by atoms with E-state index in [0.717, 1.165) is 56.9 Å². The van der Waals surface area contributed by atoms with Crippen LogP contribution in [-0.2, 0) is 19.1 Å². The second-order valence-electron chi connectivity index (χ2n) is 8.53. The third kappa shape index (κ3) is 8.88. The van der Waals surface area contributed by atoms with Crippen LogP contribution in [0.5, 0.6) is 0 Å². The molecule has 1 aliphatic carbocycles. The maximum atomic E-state index is 11.5. The quantitative estimate of drug-likeness (QED) is 0.196. The molecular weight excluding hydrogens is 388 g/mol. The van der Waals surface area contributed by atoms with Crippen molar-refractivity contribution in [2.24, 2.45) is 5.92 Å². The van der Waals surface area contributed by atoms with E-state index in [1.54, 1.807) is 0 Å². The van der Waals surface area contributed by atoms with Crippen LogP contribution in [0.2, 0.25) is 0 Å². The molecular formula is C27H39O4. The summed E-state index contributed by atoms with van der Waals surface area (Å²) in [5.74, 6) is 0.745. The Balaban J connectivity index is 1.90. The van der Waals surface area contributed by atoms with Crippen molar-refractivity contribution >= 4 is 11.9 Å². The van der Waals surface area contributed by atoms with Gasteiger partial charge in [-0.1, -0.05) is 56.2 Å². The number of hydrogen-bond donors (Lipinski definition) is 0. The predicted molar refractivity (Wildman–Crippen MR) is 124 cm³/mol. The number of hydrogen-bond acceptors (Lipinski definition) is 4. The minimum Gasteiger partial charge on any atom is -0.469 e. The molecule has 1 fully saturated rings. The van der Waals surface area contributed by atoms with Gasteiger partial charge in [-0.05, 0) is 74.3 Å². The molecule has 1 aromatic carbocycles. The summed E-state index contributed by atoms with van der Waals surface area (Å²) < 4.78 is 10.3. The summed E-state index contributed by atoms with van der Waals surface area (Å²) in [4.78, 5) is 22.7. The van der Waals surface area contributed by atoms with Gasteiger partial charge in [-0.15, -0.1) is 0 Å². The molecule has 0 N–H and O–H groups in total. The molecule has 1 aliphatic rings. The van der Waals surface area contributed by atoms with E-state index in [-0.39, 0.29) is 18.0 Å². The minimum atomic E-state index is -0.215. The molecule has 1 saturated carbocycles. The summed E-state index contributed by atoms with van der Waals surface area (Å²) in [6.45, 7) is 3.67. The van der Waals surface area contributed by atoms with Crippen molar-refractivity contribution in [2.75, 3.05) is 7.11 Å². The van der Waals surface area contributed by atoms with Crippen LogP contribution in [0.4, 0.5) is 0 Å². The lowest BCUT2D eigenvalue weighted by Crippen LogP contribution is -2.10. The first-order valence-corrected chi connectivity index (χ1v) is 11.9. The molecule has 0 aliphatic heterocycles. The lowest BCUT2D eigenvalue weighted by Gasteiger charge is -2.21. The van der Waals surface area contributed by atoms with Gasteiger partial charge in [0.1, 0.15) is 6.10 Å². The largest absolute Gasteiger partial charge is 0.469 e. The van der Waals surface area contributed by atoms with Crippen molar-refractivity contribution in [3.8, 4) is 0 Å². The molecule has 0 aromatic heterocycles. The molecule has 1 aromatic rings. The Morgan fingerprint density at radius 2 is 1.90 bits per heavy atom. The monoisotopic (exact) mass is 427 g/mol. The van der Waals surface area contributed by atoms with Crippen LogP contribution in [0.25, 0.3) is 0 Å². The average Bonchev–Trinajstić information content (AvgIpc) is 3.23. The number of carbonyl (C=O) groups is 2. The van der Waals surface area contributed by atoms with Gasteiger partial charge in [0.05, 0.1) is 7.11 Å². The highest BCUT2D eigenvalue weighted by molar-refractivity contribution is 5.69. The van der Waals surface area contributed by atoms with Crippen LogP contribution in [0.3, 0.4) is 0 Å². The summed E-state index contributed by atoms with van der Waals surface area (Å²) in [7, 11) is 1.43. The van der Waals surface area contributed by atoms with Crippen LogP contribution < -0.4 is 0 Å². The Kier molecular flexibility index (Phi) is 11.4. The molecule has 0 heterocycles. The van der Waals surface area contributed by atoms with Crippen LogP contribution in [-0.4, -0.2) is 19.0 Å². The minimum absolute atomic E-state index is 0.136. The number of unbranched alkanes of at least 4 members (excludes halogenated alkanes) is 3. The fourth-order valence-electron chi connectivity index (χ4n) is 4.40. The molecule has 3 atom stereocenters. The lowest BCUT2D eigenvalue weighted by atomic mass is 9.86. The normalized spacial score (nSPS) is 19.5. The molecule has 1 unspecified atom stereocenters. The van der Waals surface area contributed by atoms with Gasteiger partial charge < -0.3 is 9.47 Å². The Hall–Kier alpha value is -2.10. The first-order valence-electron chi connectivity index (χ1n) is 11.9. The molecule has 4 heteroatoms. The number of rotatable bonds is 13. The van der Waals surface area contributed by atoms with Crippen molar-refractivity contribution in [1.29, 1.82) is 0 Å². The first-order chi connectivity index (χ1) is 15.0. The molecule has 1 radical (unpaired) electrons. The topological polar surface area (TPSA) is 52.6 Å². The summed E-state index contributed by atoms with van der Waals surface area (Å²) in [5.41, 5.74) is 2.44. The second-order valence-corrected chi connectivity index (χ2v) is 8.53. The van der Waals surface area contributed by atoms with Crippen molar-refractivity contribution in [2.45, 2.75) is 90.1 Å². The highest BCUT2D eigenvalue weighted by Gasteiger charge is 2.28. The van der Waals surface area contributed by atoms with E-state index >= 15 is 0 Å². The standard InChI is InChI=1S/C27H39O4/c1-4-5-8-15-26(31-21(2)28)24-19-17-23(18-20-24)25-14-11-13-22(25)12-9-6-7-10-16-27(29)30-3/h6,9,14,17-20,22,25-26H,4-5,7-8,10-13,15-16H2,1-3H3/b9-6-/t22-,25-,26?/m0/s1. The molecule has 171 valence electrons. The zero-order valence-corrected chi connectivity index (χ0v) is 19.5. The van der Waals surface area contributed by atoms with Crippen LogP contribution in [0, 0.1) is 12.3 Å². The third-order valence-corrected chi connectivity index (χ3v) is 6.12. The molecule has 0 saturated heterocycles. The predicted octanol–water partition coefficient (Wildman–Crippen LogP) is 6.86. The van der Waals surface area contributed by atoms with Gasteiger partial charge >= 0.3 is 11.9 Å². The van der Waals surface area contributed by atoms with E-state index in [1.807, 2.05) is 0 Å². The van der Waals surface area contributed by atoms with E-state index in [2.05, 4.69) is 54.5 Å². The van der Waals surface area contributed by atoms with E-state index in [1.165, 1.54) is 26.0 Å². The van der Waals surface area contributed by atoms with Crippen molar-refractivity contribution in [3.63, 3.8) is 0 Å². The second kappa shape index (κ2) is 14.1. The maximum absolute atomic E-state index is 11.5. The number of esters is 2. The van der Waals surface area contributed by atoms with Gasteiger partial charge in [-0.3, -0.25) is 9.59 Å². The summed E-state index contributed by atoms with van der Waals surface area (Å²) in [6.07, 6.45) is 16.7. The van der Waals surface area contributed by atoms with E-state index in [9.17, 15) is 9.59 Å². The van der Waals surface area contributed by atoms with Crippen molar-refractivity contribution in [1.82, 2.24) is 0 Å². The molecule has 31 heavy (non-hydrogen) atoms. The van der Waals surface area contributed by atoms with Gasteiger partial charge in [-0.2, -0.15) is 0 Å². The van der Waals surface area contributed by atoms with Crippen molar-refractivity contribution < 1.29 is 19.1 Å². The fraction of sp³-hybridized carbons (Fsp3) is 0.593. The van der Waals surface area contributed by atoms with Crippen LogP contribution >= 0.6 is 0 Å². The highest BCUT2D eigenvalue weighted by Crippen LogP contribution is 2.41. The maximum Gasteiger partial charge on any atom is 0.305 e. The number of allylic oxidation sites excluding steroid dienone is 2. The third-order valence-electron chi connectivity index (χ3n) is 6.12. The molecule has 0 amide bonds. The number of carbonyl (C=O) groups excluding carboxylic acids is 2. The lowest BCUT2D eigenvalue weighted by molar-refractivity contribution is -0.147. The average molecular weight is 428 g/mol. The number of ether oxygens (including phenoxy) is 2. The molecule has 0 spiro atoms. The van der Waals surface area contributed by atoms with Crippen LogP contribution in [0.1, 0.15) is 101 Å². The van der Waals surface area contributed by atoms with Gasteiger partial charge in [0.2, 0.25) is 0 Å². The van der Waals surface area contributed by atoms with Gasteiger partial charge in [0, 0.05) is 13.3 Å². The molecule has 4 nitrogen and oxygen atoms in total. The Bertz CT molecular complexity index is 692. The Morgan fingerprint density at radius 1 is 1.13 bits per heavy atom. The first kappa shape index (κ1) is 25.2. The zero-order valence-electron chi connectivity index (χ0n) is 19.5. The Labute approximate surface area is 188 Å². The molecule has 0 bridgehead atoms. The fourth-order valence-corrected chi connectivity index (χ4v) is 4.40. The smallest absolute Gasteiger partial charge is 0.305 e. The zero-order chi connectivity index (χ0) is 22.5. The van der Waals surface area contributed by atoms with E-state index in [0.29, 0.717) is 18.3 Å².